The zero-order chi connectivity index (χ0) is 19.5. The molecule has 25 heavy (non-hydrogen) atoms. The molecule has 0 radical (unpaired) electrons. The van der Waals surface area contributed by atoms with E-state index in [1.165, 1.54) is 0 Å². The number of halogens is 3. The molecule has 1 heterocycles. The molecule has 1 aromatic heterocycles. The summed E-state index contributed by atoms with van der Waals surface area (Å²) in [5.41, 5.74) is -0.918. The van der Waals surface area contributed by atoms with E-state index >= 15 is 0 Å². The third-order valence-corrected chi connectivity index (χ3v) is 5.76. The highest BCUT2D eigenvalue weighted by Crippen LogP contribution is 2.34. The number of imidazole rings is 1. The van der Waals surface area contributed by atoms with E-state index in [-0.39, 0.29) is 12.6 Å². The zero-order valence-corrected chi connectivity index (χ0v) is 17.0. The zero-order valence-electron chi connectivity index (χ0n) is 15.4. The van der Waals surface area contributed by atoms with Crippen molar-refractivity contribution in [2.45, 2.75) is 38.4 Å². The summed E-state index contributed by atoms with van der Waals surface area (Å²) in [7, 11) is -0.790. The first-order chi connectivity index (χ1) is 11.2. The Labute approximate surface area is 151 Å². The first kappa shape index (κ1) is 22.3. The van der Waals surface area contributed by atoms with Crippen molar-refractivity contribution in [3.05, 3.63) is 17.7 Å². The quantitative estimate of drug-likeness (QED) is 0.399. The molecule has 0 saturated carbocycles. The molecule has 0 saturated heterocycles. The standard InChI is InChI=1S/C15H26F3N3O2S2/c1-14(2,3)24(22)20-10-13-19-9-12(15(16,17)18)21(13)11-23-7-8-25(4,5)6/h9-10H,7-8,11H2,1-6H3/b20-10+. The van der Waals surface area contributed by atoms with Gasteiger partial charge in [-0.1, -0.05) is 4.40 Å². The highest BCUT2D eigenvalue weighted by Gasteiger charge is 2.36. The number of hydrogen-bond donors (Lipinski definition) is 0. The van der Waals surface area contributed by atoms with Crippen LogP contribution in [0.2, 0.25) is 0 Å². The van der Waals surface area contributed by atoms with Gasteiger partial charge in [-0.3, -0.25) is 4.57 Å². The minimum absolute atomic E-state index is 0.0342. The summed E-state index contributed by atoms with van der Waals surface area (Å²) in [5, 5.41) is 0. The molecule has 10 heteroatoms. The van der Waals surface area contributed by atoms with E-state index in [1.807, 2.05) is 0 Å². The Morgan fingerprint density at radius 3 is 2.40 bits per heavy atom. The lowest BCUT2D eigenvalue weighted by Gasteiger charge is -2.24. The van der Waals surface area contributed by atoms with Crippen molar-refractivity contribution in [1.29, 1.82) is 0 Å². The van der Waals surface area contributed by atoms with E-state index in [0.717, 1.165) is 22.7 Å². The minimum Gasteiger partial charge on any atom is -0.591 e. The van der Waals surface area contributed by atoms with Crippen LogP contribution in [0.25, 0.3) is 0 Å². The first-order valence-corrected chi connectivity index (χ1v) is 11.7. The highest BCUT2D eigenvalue weighted by molar-refractivity contribution is 8.32. The number of nitrogens with zero attached hydrogens (tertiary/aromatic N) is 3. The Morgan fingerprint density at radius 2 is 1.92 bits per heavy atom. The van der Waals surface area contributed by atoms with Gasteiger partial charge in [0.1, 0.15) is 34.7 Å². The maximum atomic E-state index is 13.1. The molecule has 0 N–H and O–H groups in total. The average Bonchev–Trinajstić information content (AvgIpc) is 2.81. The smallest absolute Gasteiger partial charge is 0.433 e. The van der Waals surface area contributed by atoms with Gasteiger partial charge in [-0.25, -0.2) is 15.0 Å². The molecular weight excluding hydrogens is 375 g/mol. The van der Waals surface area contributed by atoms with Crippen LogP contribution < -0.4 is 0 Å². The summed E-state index contributed by atoms with van der Waals surface area (Å²) >= 11 is -1.58. The lowest BCUT2D eigenvalue weighted by molar-refractivity contribution is -0.145. The average molecular weight is 402 g/mol. The molecule has 0 spiro atoms. The fraction of sp³-hybridized carbons (Fsp3) is 0.733. The van der Waals surface area contributed by atoms with Gasteiger partial charge in [0.2, 0.25) is 0 Å². The predicted octanol–water partition coefficient (Wildman–Crippen LogP) is 3.45. The van der Waals surface area contributed by atoms with Gasteiger partial charge < -0.3 is 9.29 Å². The summed E-state index contributed by atoms with van der Waals surface area (Å²) in [6, 6.07) is 0. The van der Waals surface area contributed by atoms with Crippen LogP contribution in [0.4, 0.5) is 13.2 Å². The minimum atomic E-state index is -4.55. The van der Waals surface area contributed by atoms with Gasteiger partial charge >= 0.3 is 6.18 Å². The van der Waals surface area contributed by atoms with Crippen LogP contribution in [0.15, 0.2) is 10.6 Å². The Kier molecular flexibility index (Phi) is 7.43. The van der Waals surface area contributed by atoms with Gasteiger partial charge in [-0.15, -0.1) is 0 Å². The van der Waals surface area contributed by atoms with Gasteiger partial charge in [0.25, 0.3) is 0 Å². The summed E-state index contributed by atoms with van der Waals surface area (Å²) < 4.78 is 60.9. The number of aromatic nitrogens is 2. The van der Waals surface area contributed by atoms with Crippen molar-refractivity contribution in [3.63, 3.8) is 0 Å². The van der Waals surface area contributed by atoms with Crippen molar-refractivity contribution in [2.75, 3.05) is 31.1 Å². The number of rotatable bonds is 7. The van der Waals surface area contributed by atoms with Gasteiger partial charge in [-0.2, -0.15) is 13.2 Å². The SMILES string of the molecule is CC(C)(C)[S+]([O-])/N=C/c1ncc(C(F)(F)F)n1COCCS(C)(C)C. The second-order valence-corrected chi connectivity index (χ2v) is 13.9. The third kappa shape index (κ3) is 7.59. The molecule has 0 aliphatic rings. The van der Waals surface area contributed by atoms with Crippen LogP contribution in [0.5, 0.6) is 0 Å². The predicted molar refractivity (Wildman–Crippen MR) is 98.9 cm³/mol. The summed E-state index contributed by atoms with van der Waals surface area (Å²) in [6.45, 7) is 5.26. The Bertz CT molecular complexity index is 590. The monoisotopic (exact) mass is 401 g/mol. The van der Waals surface area contributed by atoms with Crippen molar-refractivity contribution in [1.82, 2.24) is 9.55 Å². The topological polar surface area (TPSA) is 62.5 Å². The van der Waals surface area contributed by atoms with E-state index in [4.69, 9.17) is 4.74 Å². The van der Waals surface area contributed by atoms with Crippen molar-refractivity contribution >= 4 is 27.6 Å². The number of alkyl halides is 3. The summed E-state index contributed by atoms with van der Waals surface area (Å²) in [5.74, 6) is 0.758. The summed E-state index contributed by atoms with van der Waals surface area (Å²) in [4.78, 5) is 3.75. The molecule has 0 aromatic carbocycles. The molecule has 1 aromatic rings. The maximum absolute atomic E-state index is 13.1. The molecule has 1 rings (SSSR count). The maximum Gasteiger partial charge on any atom is 0.433 e. The molecule has 5 nitrogen and oxygen atoms in total. The molecule has 0 aliphatic heterocycles. The van der Waals surface area contributed by atoms with E-state index in [0.29, 0.717) is 6.61 Å². The Morgan fingerprint density at radius 1 is 1.32 bits per heavy atom. The number of ether oxygens (including phenoxy) is 1. The fourth-order valence-corrected chi connectivity index (χ4v) is 2.70. The van der Waals surface area contributed by atoms with E-state index in [9.17, 15) is 17.7 Å². The lowest BCUT2D eigenvalue weighted by atomic mass is 10.3. The van der Waals surface area contributed by atoms with E-state index in [2.05, 4.69) is 28.1 Å². The molecule has 0 amide bonds. The van der Waals surface area contributed by atoms with Crippen LogP contribution in [0.3, 0.4) is 0 Å². The van der Waals surface area contributed by atoms with Crippen LogP contribution in [0.1, 0.15) is 32.3 Å². The second kappa shape index (κ2) is 8.32. The molecule has 0 fully saturated rings. The van der Waals surface area contributed by atoms with Crippen molar-refractivity contribution in [2.24, 2.45) is 4.40 Å². The lowest BCUT2D eigenvalue weighted by Crippen LogP contribution is -2.26. The normalized spacial score (nSPS) is 15.8. The molecular formula is C15H26F3N3O2S2. The van der Waals surface area contributed by atoms with Crippen LogP contribution in [-0.2, 0) is 29.0 Å². The second-order valence-electron chi connectivity index (χ2n) is 7.36. The molecule has 146 valence electrons. The number of hydrogen-bond acceptors (Lipinski definition) is 4. The van der Waals surface area contributed by atoms with E-state index in [1.54, 1.807) is 20.8 Å². The molecule has 0 aliphatic carbocycles. The van der Waals surface area contributed by atoms with Gasteiger partial charge in [0.15, 0.2) is 5.82 Å². The molecule has 1 unspecified atom stereocenters. The van der Waals surface area contributed by atoms with Gasteiger partial charge in [0, 0.05) is 5.75 Å². The first-order valence-electron chi connectivity index (χ1n) is 7.54. The van der Waals surface area contributed by atoms with E-state index < -0.39 is 38.0 Å². The van der Waals surface area contributed by atoms with Crippen LogP contribution in [0, 0.1) is 0 Å². The van der Waals surface area contributed by atoms with Gasteiger partial charge in [-0.05, 0) is 39.5 Å². The van der Waals surface area contributed by atoms with Gasteiger partial charge in [0.05, 0.1) is 12.8 Å². The third-order valence-electron chi connectivity index (χ3n) is 3.03. The fourth-order valence-electron chi connectivity index (χ4n) is 1.57. The Hall–Kier alpha value is -0.710. The molecule has 0 bridgehead atoms. The van der Waals surface area contributed by atoms with Crippen molar-refractivity contribution in [3.8, 4) is 0 Å². The molecule has 1 atom stereocenters. The highest BCUT2D eigenvalue weighted by atomic mass is 32.3. The summed E-state index contributed by atoms with van der Waals surface area (Å²) in [6.07, 6.45) is 3.60. The van der Waals surface area contributed by atoms with Crippen molar-refractivity contribution < 1.29 is 22.5 Å². The van der Waals surface area contributed by atoms with Crippen LogP contribution >= 0.6 is 10.0 Å². The Balaban J connectivity index is 2.95. The van der Waals surface area contributed by atoms with Crippen LogP contribution in [-0.4, -0.2) is 56.2 Å². The largest absolute Gasteiger partial charge is 0.591 e.